The molecule has 180 valence electrons. The number of hydrogen-bond donors (Lipinski definition) is 0. The summed E-state index contributed by atoms with van der Waals surface area (Å²) in [7, 11) is 1.41. The molecule has 0 fully saturated rings. The highest BCUT2D eigenvalue weighted by Gasteiger charge is 2.39. The molecule has 4 rings (SSSR count). The first-order valence-electron chi connectivity index (χ1n) is 12.2. The number of unbranched alkanes of at least 4 members (excludes halogenated alkanes) is 2. The minimum Gasteiger partial charge on any atom is -0.624 e. The normalized spacial score (nSPS) is 14.0. The maximum absolute atomic E-state index is 13.0. The van der Waals surface area contributed by atoms with Crippen LogP contribution in [0.25, 0.3) is 5.57 Å². The number of hydroxylamine groups is 1. The van der Waals surface area contributed by atoms with Crippen LogP contribution in [0.3, 0.4) is 0 Å². The Balaban J connectivity index is 1.51. The summed E-state index contributed by atoms with van der Waals surface area (Å²) in [6.07, 6.45) is 4.21. The lowest BCUT2D eigenvalue weighted by Crippen LogP contribution is -2.21. The first-order valence-corrected chi connectivity index (χ1v) is 12.2. The molecule has 0 aromatic heterocycles. The zero-order valence-electron chi connectivity index (χ0n) is 20.3. The topological polar surface area (TPSA) is 61.6 Å². The predicted molar refractivity (Wildman–Crippen MR) is 139 cm³/mol. The molecule has 5 heteroatoms. The maximum atomic E-state index is 13.0. The molecule has 0 bridgehead atoms. The molecule has 3 aromatic rings. The summed E-state index contributed by atoms with van der Waals surface area (Å²) in [6.45, 7) is 2.59. The van der Waals surface area contributed by atoms with Gasteiger partial charge in [0.05, 0.1) is 18.8 Å². The van der Waals surface area contributed by atoms with Crippen LogP contribution in [-0.2, 0) is 16.0 Å². The molecule has 3 aromatic carbocycles. The van der Waals surface area contributed by atoms with Gasteiger partial charge in [-0.05, 0) is 67.5 Å². The number of aryl methyl sites for hydroxylation is 1. The van der Waals surface area contributed by atoms with E-state index < -0.39 is 5.97 Å². The van der Waals surface area contributed by atoms with Crippen LogP contribution in [-0.4, -0.2) is 36.7 Å². The van der Waals surface area contributed by atoms with E-state index in [1.807, 2.05) is 54.6 Å². The molecule has 0 amide bonds. The van der Waals surface area contributed by atoms with Gasteiger partial charge in [0.1, 0.15) is 18.4 Å². The van der Waals surface area contributed by atoms with Gasteiger partial charge in [-0.3, -0.25) is 0 Å². The van der Waals surface area contributed by atoms with Crippen LogP contribution >= 0.6 is 0 Å². The molecular weight excluding hydrogens is 438 g/mol. The molecule has 0 N–H and O–H groups in total. The summed E-state index contributed by atoms with van der Waals surface area (Å²) < 4.78 is 12.1. The average molecular weight is 470 g/mol. The molecule has 0 saturated heterocycles. The van der Waals surface area contributed by atoms with Crippen LogP contribution in [0.5, 0.6) is 5.75 Å². The van der Waals surface area contributed by atoms with Crippen LogP contribution in [0, 0.1) is 5.21 Å². The Labute approximate surface area is 206 Å². The minimum absolute atomic E-state index is 0.231. The van der Waals surface area contributed by atoms with Crippen LogP contribution in [0.2, 0.25) is 0 Å². The fourth-order valence-corrected chi connectivity index (χ4v) is 4.49. The molecule has 0 heterocycles. The summed E-state index contributed by atoms with van der Waals surface area (Å²) in [5.41, 5.74) is 5.05. The van der Waals surface area contributed by atoms with E-state index in [0.717, 1.165) is 41.5 Å². The SMILES string of the molecule is CCOC(=O)C1=C(c2ccccc2)c2ccc(OCCCCCc3ccccc3)cc2/C1=[N+](/C)[O-]. The van der Waals surface area contributed by atoms with Gasteiger partial charge in [0.25, 0.3) is 0 Å². The van der Waals surface area contributed by atoms with Gasteiger partial charge in [-0.25, -0.2) is 9.53 Å². The standard InChI is InChI=1S/C30H31NO4/c1-3-34-30(32)28-27(23-16-10-5-11-17-23)25-19-18-24(21-26(25)29(28)31(2)33)35-20-12-6-9-15-22-13-7-4-8-14-22/h4-5,7-8,10-11,13-14,16-19,21H,3,6,9,12,15,20H2,1-2H3/b31-29+. The number of fused-ring (bicyclic) bond motifs is 1. The molecule has 1 aliphatic carbocycles. The van der Waals surface area contributed by atoms with Crippen molar-refractivity contribution >= 4 is 17.3 Å². The second-order valence-corrected chi connectivity index (χ2v) is 8.53. The van der Waals surface area contributed by atoms with Crippen LogP contribution in [0.1, 0.15) is 48.4 Å². The Kier molecular flexibility index (Phi) is 7.99. The van der Waals surface area contributed by atoms with Gasteiger partial charge in [-0.15, -0.1) is 0 Å². The van der Waals surface area contributed by atoms with E-state index in [1.165, 1.54) is 12.6 Å². The minimum atomic E-state index is -0.499. The number of carbonyl (C=O) groups is 1. The average Bonchev–Trinajstić information content (AvgIpc) is 3.22. The van der Waals surface area contributed by atoms with E-state index in [2.05, 4.69) is 24.3 Å². The fraction of sp³-hybridized carbons (Fsp3) is 0.267. The number of hydrogen-bond acceptors (Lipinski definition) is 4. The zero-order valence-corrected chi connectivity index (χ0v) is 20.3. The number of esters is 1. The first-order chi connectivity index (χ1) is 17.1. The van der Waals surface area contributed by atoms with Gasteiger partial charge in [-0.1, -0.05) is 60.7 Å². The van der Waals surface area contributed by atoms with Crippen LogP contribution < -0.4 is 4.74 Å². The van der Waals surface area contributed by atoms with Crippen molar-refractivity contribution in [2.45, 2.75) is 32.6 Å². The predicted octanol–water partition coefficient (Wildman–Crippen LogP) is 5.79. The van der Waals surface area contributed by atoms with Gasteiger partial charge >= 0.3 is 5.97 Å². The fourth-order valence-electron chi connectivity index (χ4n) is 4.49. The van der Waals surface area contributed by atoms with E-state index in [9.17, 15) is 10.0 Å². The molecule has 0 atom stereocenters. The number of nitrogens with zero attached hydrogens (tertiary/aromatic N) is 1. The van der Waals surface area contributed by atoms with E-state index in [-0.39, 0.29) is 6.61 Å². The maximum Gasteiger partial charge on any atom is 0.345 e. The van der Waals surface area contributed by atoms with Gasteiger partial charge in [0.2, 0.25) is 5.71 Å². The molecular formula is C30H31NO4. The van der Waals surface area contributed by atoms with Crippen molar-refractivity contribution in [2.24, 2.45) is 0 Å². The third kappa shape index (κ3) is 5.62. The van der Waals surface area contributed by atoms with Crippen molar-refractivity contribution in [1.82, 2.24) is 0 Å². The van der Waals surface area contributed by atoms with Gasteiger partial charge in [0.15, 0.2) is 0 Å². The third-order valence-electron chi connectivity index (χ3n) is 6.08. The lowest BCUT2D eigenvalue weighted by atomic mass is 9.97. The molecule has 0 saturated carbocycles. The van der Waals surface area contributed by atoms with Crippen molar-refractivity contribution in [3.05, 3.63) is 112 Å². The number of rotatable bonds is 10. The summed E-state index contributed by atoms with van der Waals surface area (Å²) in [4.78, 5) is 13.0. The molecule has 0 aliphatic heterocycles. The van der Waals surface area contributed by atoms with Crippen molar-refractivity contribution in [3.8, 4) is 5.75 Å². The van der Waals surface area contributed by atoms with E-state index >= 15 is 0 Å². The lowest BCUT2D eigenvalue weighted by Gasteiger charge is -2.10. The Hall–Kier alpha value is -3.86. The highest BCUT2D eigenvalue weighted by atomic mass is 16.5. The summed E-state index contributed by atoms with van der Waals surface area (Å²) >= 11 is 0. The summed E-state index contributed by atoms with van der Waals surface area (Å²) in [5, 5.41) is 12.7. The van der Waals surface area contributed by atoms with Crippen molar-refractivity contribution in [1.29, 1.82) is 0 Å². The third-order valence-corrected chi connectivity index (χ3v) is 6.08. The van der Waals surface area contributed by atoms with Gasteiger partial charge in [0, 0.05) is 5.57 Å². The number of benzene rings is 3. The highest BCUT2D eigenvalue weighted by Crippen LogP contribution is 2.40. The number of ether oxygens (including phenoxy) is 2. The Morgan fingerprint density at radius 1 is 0.886 bits per heavy atom. The molecule has 0 spiro atoms. The first kappa shape index (κ1) is 24.3. The second-order valence-electron chi connectivity index (χ2n) is 8.53. The lowest BCUT2D eigenvalue weighted by molar-refractivity contribution is -0.421. The largest absolute Gasteiger partial charge is 0.624 e. The van der Waals surface area contributed by atoms with E-state index in [4.69, 9.17) is 9.47 Å². The Bertz CT molecular complexity index is 1230. The van der Waals surface area contributed by atoms with Gasteiger partial charge in [-0.2, -0.15) is 0 Å². The van der Waals surface area contributed by atoms with Gasteiger partial charge < -0.3 is 14.7 Å². The van der Waals surface area contributed by atoms with Crippen LogP contribution in [0.4, 0.5) is 0 Å². The molecule has 1 aliphatic rings. The van der Waals surface area contributed by atoms with Crippen molar-refractivity contribution in [3.63, 3.8) is 0 Å². The smallest absolute Gasteiger partial charge is 0.345 e. The second kappa shape index (κ2) is 11.5. The molecule has 35 heavy (non-hydrogen) atoms. The van der Waals surface area contributed by atoms with E-state index in [0.29, 0.717) is 34.8 Å². The quantitative estimate of drug-likeness (QED) is 0.124. The van der Waals surface area contributed by atoms with E-state index in [1.54, 1.807) is 6.92 Å². The Morgan fingerprint density at radius 2 is 1.60 bits per heavy atom. The summed E-state index contributed by atoms with van der Waals surface area (Å²) in [5.74, 6) is 0.185. The van der Waals surface area contributed by atoms with Crippen LogP contribution in [0.15, 0.2) is 84.4 Å². The van der Waals surface area contributed by atoms with Crippen molar-refractivity contribution in [2.75, 3.05) is 20.3 Å². The number of carbonyl (C=O) groups excluding carboxylic acids is 1. The summed E-state index contributed by atoms with van der Waals surface area (Å²) in [6, 6.07) is 25.8. The van der Waals surface area contributed by atoms with Crippen molar-refractivity contribution < 1.29 is 19.0 Å². The highest BCUT2D eigenvalue weighted by molar-refractivity contribution is 6.35. The molecule has 5 nitrogen and oxygen atoms in total. The monoisotopic (exact) mass is 469 g/mol. The molecule has 0 unspecified atom stereocenters. The zero-order chi connectivity index (χ0) is 24.6. The Morgan fingerprint density at radius 3 is 2.29 bits per heavy atom. The molecule has 0 radical (unpaired) electrons.